The summed E-state index contributed by atoms with van der Waals surface area (Å²) in [6.07, 6.45) is 2.08. The molecule has 2 aromatic carbocycles. The summed E-state index contributed by atoms with van der Waals surface area (Å²) in [5, 5.41) is 0.998. The van der Waals surface area contributed by atoms with Crippen LogP contribution in [-0.2, 0) is 11.2 Å². The minimum absolute atomic E-state index is 0.0370. The van der Waals surface area contributed by atoms with Crippen LogP contribution in [0.15, 0.2) is 48.5 Å². The van der Waals surface area contributed by atoms with Crippen molar-refractivity contribution in [1.29, 1.82) is 0 Å². The molecule has 3 aromatic rings. The average molecular weight is 399 g/mol. The van der Waals surface area contributed by atoms with Gasteiger partial charge in [-0.05, 0) is 56.5 Å². The van der Waals surface area contributed by atoms with E-state index in [2.05, 4.69) is 11.1 Å². The van der Waals surface area contributed by atoms with Crippen LogP contribution in [0.5, 0.6) is 0 Å². The van der Waals surface area contributed by atoms with Crippen molar-refractivity contribution in [1.82, 2.24) is 9.88 Å². The number of fused-ring (bicyclic) bond motifs is 2. The summed E-state index contributed by atoms with van der Waals surface area (Å²) in [5.74, 6) is 0.209. The molecule has 2 aliphatic heterocycles. The fourth-order valence-electron chi connectivity index (χ4n) is 4.78. The molecule has 0 atom stereocenters. The van der Waals surface area contributed by atoms with Crippen LogP contribution >= 0.6 is 0 Å². The molecule has 2 aliphatic rings. The number of benzene rings is 2. The molecule has 0 bridgehead atoms. The number of nitrogens with zero attached hydrogens (tertiary/aromatic N) is 3. The van der Waals surface area contributed by atoms with Crippen LogP contribution < -0.4 is 4.90 Å². The maximum absolute atomic E-state index is 13.2. The number of rotatable bonds is 2. The van der Waals surface area contributed by atoms with E-state index in [0.717, 1.165) is 46.3 Å². The normalized spacial score (nSPS) is 16.9. The third-order valence-electron chi connectivity index (χ3n) is 6.37. The number of likely N-dealkylation sites (tertiary alicyclic amines) is 1. The molecule has 0 unspecified atom stereocenters. The summed E-state index contributed by atoms with van der Waals surface area (Å²) >= 11 is 0. The van der Waals surface area contributed by atoms with E-state index in [-0.39, 0.29) is 17.9 Å². The summed E-state index contributed by atoms with van der Waals surface area (Å²) < 4.78 is 0. The number of para-hydroxylation sites is 1. The molecule has 0 saturated carbocycles. The Labute approximate surface area is 176 Å². The van der Waals surface area contributed by atoms with E-state index in [1.807, 2.05) is 66.1 Å². The Balaban J connectivity index is 1.34. The van der Waals surface area contributed by atoms with Gasteiger partial charge in [0.25, 0.3) is 5.91 Å². The molecule has 2 amide bonds. The molecule has 152 valence electrons. The van der Waals surface area contributed by atoms with E-state index < -0.39 is 0 Å². The van der Waals surface area contributed by atoms with E-state index in [9.17, 15) is 9.59 Å². The first-order chi connectivity index (χ1) is 14.5. The number of hydrogen-bond acceptors (Lipinski definition) is 3. The van der Waals surface area contributed by atoms with Gasteiger partial charge < -0.3 is 9.80 Å². The Bertz CT molecular complexity index is 1160. The minimum atomic E-state index is 0.0370. The summed E-state index contributed by atoms with van der Waals surface area (Å²) in [6.45, 7) is 5.25. The molecule has 0 radical (unpaired) electrons. The highest BCUT2D eigenvalue weighted by molar-refractivity contribution is 6.02. The molecule has 0 spiro atoms. The molecule has 30 heavy (non-hydrogen) atoms. The third kappa shape index (κ3) is 3.15. The van der Waals surface area contributed by atoms with Gasteiger partial charge in [0.1, 0.15) is 0 Å². The Kier molecular flexibility index (Phi) is 4.54. The zero-order valence-corrected chi connectivity index (χ0v) is 17.4. The molecule has 5 nitrogen and oxygen atoms in total. The highest BCUT2D eigenvalue weighted by atomic mass is 16.2. The molecular formula is C25H25N3O2. The van der Waals surface area contributed by atoms with Crippen LogP contribution in [0.2, 0.25) is 0 Å². The first-order valence-corrected chi connectivity index (χ1v) is 10.6. The number of anilines is 1. The van der Waals surface area contributed by atoms with Crippen LogP contribution in [0.1, 0.15) is 40.0 Å². The van der Waals surface area contributed by atoms with Gasteiger partial charge >= 0.3 is 0 Å². The molecule has 0 N–H and O–H groups in total. The highest BCUT2D eigenvalue weighted by Crippen LogP contribution is 2.33. The van der Waals surface area contributed by atoms with Crippen LogP contribution in [0.3, 0.4) is 0 Å². The van der Waals surface area contributed by atoms with Crippen molar-refractivity contribution in [2.75, 3.05) is 18.0 Å². The number of aryl methyl sites for hydroxylation is 2. The zero-order valence-electron chi connectivity index (χ0n) is 17.4. The van der Waals surface area contributed by atoms with Gasteiger partial charge in [-0.1, -0.05) is 29.8 Å². The van der Waals surface area contributed by atoms with Gasteiger partial charge in [-0.15, -0.1) is 0 Å². The van der Waals surface area contributed by atoms with E-state index in [1.165, 1.54) is 0 Å². The number of carbonyl (C=O) groups excluding carboxylic acids is 2. The number of hydrogen-bond donors (Lipinski definition) is 0. The Hall–Kier alpha value is -3.21. The summed E-state index contributed by atoms with van der Waals surface area (Å²) in [7, 11) is 0. The SMILES string of the molecule is Cc1ccc2nc(C)c(C(=O)N3CCC(N4C(=O)Cc5ccccc54)CC3)cc2c1. The molecule has 1 fully saturated rings. The molecule has 3 heterocycles. The first kappa shape index (κ1) is 18.8. The molecule has 5 heteroatoms. The van der Waals surface area contributed by atoms with Crippen LogP contribution in [0, 0.1) is 13.8 Å². The van der Waals surface area contributed by atoms with Crippen LogP contribution in [0.4, 0.5) is 5.69 Å². The lowest BCUT2D eigenvalue weighted by atomic mass is 10.0. The summed E-state index contributed by atoms with van der Waals surface area (Å²) in [6, 6.07) is 16.3. The lowest BCUT2D eigenvalue weighted by molar-refractivity contribution is -0.118. The van der Waals surface area contributed by atoms with Crippen molar-refractivity contribution in [3.05, 3.63) is 70.9 Å². The summed E-state index contributed by atoms with van der Waals surface area (Å²) in [5.41, 5.74) is 5.66. The second-order valence-electron chi connectivity index (χ2n) is 8.41. The second kappa shape index (κ2) is 7.24. The van der Waals surface area contributed by atoms with E-state index in [0.29, 0.717) is 25.1 Å². The number of aromatic nitrogens is 1. The van der Waals surface area contributed by atoms with Crippen molar-refractivity contribution in [3.63, 3.8) is 0 Å². The maximum atomic E-state index is 13.2. The van der Waals surface area contributed by atoms with E-state index in [1.54, 1.807) is 0 Å². The lowest BCUT2D eigenvalue weighted by Crippen LogP contribution is -2.48. The van der Waals surface area contributed by atoms with E-state index >= 15 is 0 Å². The number of piperidine rings is 1. The van der Waals surface area contributed by atoms with Gasteiger partial charge in [0.15, 0.2) is 0 Å². The van der Waals surface area contributed by atoms with Crippen molar-refractivity contribution in [3.8, 4) is 0 Å². The van der Waals surface area contributed by atoms with Crippen molar-refractivity contribution < 1.29 is 9.59 Å². The first-order valence-electron chi connectivity index (χ1n) is 10.6. The minimum Gasteiger partial charge on any atom is -0.338 e. The third-order valence-corrected chi connectivity index (χ3v) is 6.37. The van der Waals surface area contributed by atoms with Gasteiger partial charge in [0.2, 0.25) is 5.91 Å². The number of amides is 2. The highest BCUT2D eigenvalue weighted by Gasteiger charge is 2.35. The topological polar surface area (TPSA) is 53.5 Å². The Morgan fingerprint density at radius 1 is 1.03 bits per heavy atom. The predicted octanol–water partition coefficient (Wildman–Crippen LogP) is 4.05. The largest absolute Gasteiger partial charge is 0.338 e. The molecule has 0 aliphatic carbocycles. The average Bonchev–Trinajstić information content (AvgIpc) is 3.09. The van der Waals surface area contributed by atoms with Crippen molar-refractivity contribution >= 4 is 28.4 Å². The quantitative estimate of drug-likeness (QED) is 0.653. The predicted molar refractivity (Wildman–Crippen MR) is 118 cm³/mol. The van der Waals surface area contributed by atoms with Crippen LogP contribution in [0.25, 0.3) is 10.9 Å². The molecule has 1 saturated heterocycles. The smallest absolute Gasteiger partial charge is 0.255 e. The standard InChI is InChI=1S/C25H25N3O2/c1-16-7-8-22-19(13-16)14-21(17(2)26-22)25(30)27-11-9-20(10-12-27)28-23-6-4-3-5-18(23)15-24(28)29/h3-8,13-14,20H,9-12,15H2,1-2H3. The fraction of sp³-hybridized carbons (Fsp3) is 0.320. The van der Waals surface area contributed by atoms with Crippen LogP contribution in [-0.4, -0.2) is 40.8 Å². The molecule has 5 rings (SSSR count). The van der Waals surface area contributed by atoms with Gasteiger partial charge in [-0.3, -0.25) is 14.6 Å². The maximum Gasteiger partial charge on any atom is 0.255 e. The number of carbonyl (C=O) groups is 2. The molecular weight excluding hydrogens is 374 g/mol. The zero-order chi connectivity index (χ0) is 20.8. The van der Waals surface area contributed by atoms with Crippen molar-refractivity contribution in [2.24, 2.45) is 0 Å². The lowest BCUT2D eigenvalue weighted by Gasteiger charge is -2.37. The van der Waals surface area contributed by atoms with Gasteiger partial charge in [-0.2, -0.15) is 0 Å². The summed E-state index contributed by atoms with van der Waals surface area (Å²) in [4.78, 5) is 34.4. The second-order valence-corrected chi connectivity index (χ2v) is 8.41. The fourth-order valence-corrected chi connectivity index (χ4v) is 4.78. The van der Waals surface area contributed by atoms with Gasteiger partial charge in [0.05, 0.1) is 23.2 Å². The van der Waals surface area contributed by atoms with Gasteiger partial charge in [0, 0.05) is 30.2 Å². The Morgan fingerprint density at radius 2 is 1.80 bits per heavy atom. The van der Waals surface area contributed by atoms with Gasteiger partial charge in [-0.25, -0.2) is 0 Å². The monoisotopic (exact) mass is 399 g/mol. The Morgan fingerprint density at radius 3 is 2.60 bits per heavy atom. The van der Waals surface area contributed by atoms with E-state index in [4.69, 9.17) is 0 Å². The molecule has 1 aromatic heterocycles. The van der Waals surface area contributed by atoms with Crippen molar-refractivity contribution in [2.45, 2.75) is 39.2 Å². The number of pyridine rings is 1.